The first kappa shape index (κ1) is 11.5. The third-order valence-electron chi connectivity index (χ3n) is 3.02. The third-order valence-corrected chi connectivity index (χ3v) is 3.48. The number of carbonyl (C=O) groups excluding carboxylic acids is 1. The maximum absolute atomic E-state index is 10.9. The Kier molecular flexibility index (Phi) is 2.91. The topological polar surface area (TPSA) is 44.1 Å². The Morgan fingerprint density at radius 3 is 3.22 bits per heavy atom. The summed E-state index contributed by atoms with van der Waals surface area (Å²) < 4.78 is 8.52. The predicted molar refractivity (Wildman–Crippen MR) is 70.1 cm³/mol. The van der Waals surface area contributed by atoms with Crippen molar-refractivity contribution in [2.24, 2.45) is 0 Å². The van der Waals surface area contributed by atoms with Crippen molar-refractivity contribution >= 4 is 22.2 Å². The monoisotopic (exact) mass is 306 g/mol. The summed E-state index contributed by atoms with van der Waals surface area (Å²) in [7, 11) is 0. The van der Waals surface area contributed by atoms with Crippen LogP contribution in [0.15, 0.2) is 29.0 Å². The highest BCUT2D eigenvalue weighted by Gasteiger charge is 2.18. The SMILES string of the molecule is O=Cc1nccn1Cc1cc(Br)cc2c1OCC2. The highest BCUT2D eigenvalue weighted by Crippen LogP contribution is 2.33. The van der Waals surface area contributed by atoms with Crippen molar-refractivity contribution in [2.75, 3.05) is 6.61 Å². The van der Waals surface area contributed by atoms with Gasteiger partial charge in [-0.05, 0) is 17.7 Å². The zero-order valence-corrected chi connectivity index (χ0v) is 11.2. The molecule has 0 fully saturated rings. The van der Waals surface area contributed by atoms with Crippen molar-refractivity contribution < 1.29 is 9.53 Å². The van der Waals surface area contributed by atoms with Crippen LogP contribution in [0.1, 0.15) is 21.7 Å². The van der Waals surface area contributed by atoms with E-state index in [1.165, 1.54) is 5.56 Å². The van der Waals surface area contributed by atoms with Crippen LogP contribution in [-0.4, -0.2) is 22.4 Å². The van der Waals surface area contributed by atoms with Crippen LogP contribution in [0, 0.1) is 0 Å². The lowest BCUT2D eigenvalue weighted by atomic mass is 10.1. The fourth-order valence-electron chi connectivity index (χ4n) is 2.22. The second-order valence-electron chi connectivity index (χ2n) is 4.18. The highest BCUT2D eigenvalue weighted by atomic mass is 79.9. The molecule has 0 amide bonds. The van der Waals surface area contributed by atoms with Gasteiger partial charge in [0.1, 0.15) is 5.75 Å². The number of rotatable bonds is 3. The lowest BCUT2D eigenvalue weighted by Crippen LogP contribution is -2.04. The molecule has 0 atom stereocenters. The van der Waals surface area contributed by atoms with Crippen molar-refractivity contribution in [2.45, 2.75) is 13.0 Å². The lowest BCUT2D eigenvalue weighted by Gasteiger charge is -2.10. The van der Waals surface area contributed by atoms with Gasteiger partial charge in [-0.1, -0.05) is 15.9 Å². The van der Waals surface area contributed by atoms with Crippen LogP contribution in [0.3, 0.4) is 0 Å². The average molecular weight is 307 g/mol. The standard InChI is InChI=1S/C13H11BrN2O2/c14-11-5-9-1-4-18-13(9)10(6-11)7-16-3-2-15-12(16)8-17/h2-3,5-6,8H,1,4,7H2. The molecule has 0 saturated carbocycles. The molecule has 18 heavy (non-hydrogen) atoms. The normalized spacial score (nSPS) is 13.2. The van der Waals surface area contributed by atoms with E-state index < -0.39 is 0 Å². The van der Waals surface area contributed by atoms with Gasteiger partial charge in [-0.25, -0.2) is 4.98 Å². The van der Waals surface area contributed by atoms with Gasteiger partial charge in [0, 0.05) is 28.9 Å². The molecule has 0 saturated heterocycles. The van der Waals surface area contributed by atoms with Gasteiger partial charge in [0.05, 0.1) is 13.2 Å². The maximum atomic E-state index is 10.9. The number of aromatic nitrogens is 2. The molecule has 2 aromatic rings. The largest absolute Gasteiger partial charge is 0.493 e. The predicted octanol–water partition coefficient (Wildman–Crippen LogP) is 2.44. The number of nitrogens with zero attached hydrogens (tertiary/aromatic N) is 2. The summed E-state index contributed by atoms with van der Waals surface area (Å²) in [5.41, 5.74) is 2.28. The number of hydrogen-bond acceptors (Lipinski definition) is 3. The summed E-state index contributed by atoms with van der Waals surface area (Å²) >= 11 is 3.51. The quantitative estimate of drug-likeness (QED) is 0.818. The Balaban J connectivity index is 2.00. The lowest BCUT2D eigenvalue weighted by molar-refractivity contribution is 0.111. The van der Waals surface area contributed by atoms with Gasteiger partial charge in [-0.3, -0.25) is 4.79 Å². The molecule has 2 heterocycles. The van der Waals surface area contributed by atoms with Gasteiger partial charge in [-0.15, -0.1) is 0 Å². The summed E-state index contributed by atoms with van der Waals surface area (Å²) in [6.07, 6.45) is 5.13. The number of imidazole rings is 1. The van der Waals surface area contributed by atoms with Gasteiger partial charge < -0.3 is 9.30 Å². The van der Waals surface area contributed by atoms with Crippen LogP contribution < -0.4 is 4.74 Å². The molecule has 0 unspecified atom stereocenters. The fraction of sp³-hybridized carbons (Fsp3) is 0.231. The maximum Gasteiger partial charge on any atom is 0.185 e. The Morgan fingerprint density at radius 1 is 1.50 bits per heavy atom. The molecule has 1 aromatic carbocycles. The van der Waals surface area contributed by atoms with Crippen LogP contribution in [-0.2, 0) is 13.0 Å². The van der Waals surface area contributed by atoms with Crippen molar-refractivity contribution in [3.63, 3.8) is 0 Å². The van der Waals surface area contributed by atoms with E-state index in [0.29, 0.717) is 12.4 Å². The molecular weight excluding hydrogens is 296 g/mol. The second-order valence-corrected chi connectivity index (χ2v) is 5.10. The molecule has 92 valence electrons. The highest BCUT2D eigenvalue weighted by molar-refractivity contribution is 9.10. The number of ether oxygens (including phenoxy) is 1. The van der Waals surface area contributed by atoms with E-state index in [1.54, 1.807) is 12.4 Å². The smallest absolute Gasteiger partial charge is 0.185 e. The van der Waals surface area contributed by atoms with Crippen LogP contribution >= 0.6 is 15.9 Å². The Labute approximate surface area is 113 Å². The number of hydrogen-bond donors (Lipinski definition) is 0. The van der Waals surface area contributed by atoms with E-state index in [1.807, 2.05) is 10.6 Å². The summed E-state index contributed by atoms with van der Waals surface area (Å²) in [4.78, 5) is 14.8. The van der Waals surface area contributed by atoms with Crippen LogP contribution in [0.5, 0.6) is 5.75 Å². The van der Waals surface area contributed by atoms with Crippen LogP contribution in [0.4, 0.5) is 0 Å². The third kappa shape index (κ3) is 1.95. The molecular formula is C13H11BrN2O2. The van der Waals surface area contributed by atoms with E-state index in [9.17, 15) is 4.79 Å². The molecule has 1 aromatic heterocycles. The number of benzene rings is 1. The minimum atomic E-state index is 0.432. The van der Waals surface area contributed by atoms with Gasteiger partial charge in [0.25, 0.3) is 0 Å². The van der Waals surface area contributed by atoms with Crippen molar-refractivity contribution in [3.8, 4) is 5.75 Å². The summed E-state index contributed by atoms with van der Waals surface area (Å²) in [5.74, 6) is 1.38. The minimum Gasteiger partial charge on any atom is -0.493 e. The van der Waals surface area contributed by atoms with Crippen LogP contribution in [0.25, 0.3) is 0 Å². The van der Waals surface area contributed by atoms with E-state index in [0.717, 1.165) is 35.1 Å². The molecule has 5 heteroatoms. The van der Waals surface area contributed by atoms with E-state index >= 15 is 0 Å². The van der Waals surface area contributed by atoms with Gasteiger partial charge in [0.2, 0.25) is 0 Å². The first-order chi connectivity index (χ1) is 8.78. The van der Waals surface area contributed by atoms with Gasteiger partial charge >= 0.3 is 0 Å². The Hall–Kier alpha value is -1.62. The second kappa shape index (κ2) is 4.57. The molecule has 0 N–H and O–H groups in total. The first-order valence-electron chi connectivity index (χ1n) is 5.68. The van der Waals surface area contributed by atoms with Crippen LogP contribution in [0.2, 0.25) is 0 Å². The molecule has 0 bridgehead atoms. The number of aldehydes is 1. The fourth-order valence-corrected chi connectivity index (χ4v) is 2.77. The zero-order valence-electron chi connectivity index (χ0n) is 9.60. The molecule has 0 radical (unpaired) electrons. The summed E-state index contributed by atoms with van der Waals surface area (Å²) in [6.45, 7) is 1.32. The molecule has 0 spiro atoms. The first-order valence-corrected chi connectivity index (χ1v) is 6.47. The Morgan fingerprint density at radius 2 is 2.39 bits per heavy atom. The van der Waals surface area contributed by atoms with Crippen molar-refractivity contribution in [3.05, 3.63) is 46.0 Å². The average Bonchev–Trinajstić information content (AvgIpc) is 2.96. The van der Waals surface area contributed by atoms with E-state index in [-0.39, 0.29) is 0 Å². The van der Waals surface area contributed by atoms with Crippen molar-refractivity contribution in [1.29, 1.82) is 0 Å². The number of halogens is 1. The van der Waals surface area contributed by atoms with Gasteiger partial charge in [-0.2, -0.15) is 0 Å². The number of carbonyl (C=O) groups is 1. The summed E-state index contributed by atoms with van der Waals surface area (Å²) in [5, 5.41) is 0. The molecule has 3 rings (SSSR count). The summed E-state index contributed by atoms with van der Waals surface area (Å²) in [6, 6.07) is 4.11. The van der Waals surface area contributed by atoms with Gasteiger partial charge in [0.15, 0.2) is 12.1 Å². The molecule has 0 aliphatic carbocycles. The number of fused-ring (bicyclic) bond motifs is 1. The zero-order chi connectivity index (χ0) is 12.5. The minimum absolute atomic E-state index is 0.432. The molecule has 1 aliphatic rings. The van der Waals surface area contributed by atoms with Crippen molar-refractivity contribution in [1.82, 2.24) is 9.55 Å². The van der Waals surface area contributed by atoms with E-state index in [4.69, 9.17) is 4.74 Å². The Bertz CT molecular complexity index is 607. The molecule has 4 nitrogen and oxygen atoms in total. The molecule has 1 aliphatic heterocycles. The van der Waals surface area contributed by atoms with E-state index in [2.05, 4.69) is 27.0 Å².